The molecule has 122 valence electrons. The zero-order chi connectivity index (χ0) is 17.3. The molecule has 0 amide bonds. The molecule has 0 aliphatic carbocycles. The Labute approximate surface area is 139 Å². The summed E-state index contributed by atoms with van der Waals surface area (Å²) in [6, 6.07) is 12.8. The first kappa shape index (κ1) is 15.9. The highest BCUT2D eigenvalue weighted by Gasteiger charge is 2.22. The molecule has 0 saturated carbocycles. The first-order chi connectivity index (χ1) is 11.5. The van der Waals surface area contributed by atoms with Crippen molar-refractivity contribution in [3.8, 4) is 0 Å². The second-order valence-electron chi connectivity index (χ2n) is 5.62. The van der Waals surface area contributed by atoms with E-state index >= 15 is 0 Å². The number of aromatic nitrogens is 2. The van der Waals surface area contributed by atoms with E-state index in [4.69, 9.17) is 4.74 Å². The molecule has 5 heteroatoms. The van der Waals surface area contributed by atoms with Crippen LogP contribution in [0.15, 0.2) is 42.5 Å². The summed E-state index contributed by atoms with van der Waals surface area (Å²) in [5, 5.41) is 4.85. The highest BCUT2D eigenvalue weighted by molar-refractivity contribution is 6.08. The summed E-state index contributed by atoms with van der Waals surface area (Å²) < 4.78 is 6.33. The van der Waals surface area contributed by atoms with Crippen molar-refractivity contribution in [1.29, 1.82) is 0 Å². The maximum atomic E-state index is 12.9. The number of carbonyl (C=O) groups is 2. The van der Waals surface area contributed by atoms with Crippen molar-refractivity contribution in [3.05, 3.63) is 64.8 Å². The molecule has 2 aromatic carbocycles. The number of rotatable bonds is 3. The van der Waals surface area contributed by atoms with E-state index in [1.165, 1.54) is 4.68 Å². The number of carbonyl (C=O) groups excluding carboxylic acids is 2. The molecule has 5 nitrogen and oxygen atoms in total. The van der Waals surface area contributed by atoms with Gasteiger partial charge in [0, 0.05) is 10.9 Å². The van der Waals surface area contributed by atoms with Crippen LogP contribution in [0.2, 0.25) is 0 Å². The number of fused-ring (bicyclic) bond motifs is 1. The van der Waals surface area contributed by atoms with E-state index < -0.39 is 5.97 Å². The zero-order valence-electron chi connectivity index (χ0n) is 13.9. The van der Waals surface area contributed by atoms with Gasteiger partial charge >= 0.3 is 5.97 Å². The minimum absolute atomic E-state index is 0.158. The molecule has 0 fully saturated rings. The van der Waals surface area contributed by atoms with Gasteiger partial charge < -0.3 is 4.74 Å². The molecule has 0 saturated heterocycles. The topological polar surface area (TPSA) is 61.2 Å². The summed E-state index contributed by atoms with van der Waals surface area (Å²) >= 11 is 0. The van der Waals surface area contributed by atoms with Crippen molar-refractivity contribution < 1.29 is 14.3 Å². The average Bonchev–Trinajstić information content (AvgIpc) is 2.94. The van der Waals surface area contributed by atoms with Gasteiger partial charge in [-0.15, -0.1) is 0 Å². The smallest absolute Gasteiger partial charge is 0.359 e. The van der Waals surface area contributed by atoms with Gasteiger partial charge in [0.05, 0.1) is 12.1 Å². The molecule has 0 bridgehead atoms. The Morgan fingerprint density at radius 1 is 1.12 bits per heavy atom. The van der Waals surface area contributed by atoms with E-state index in [0.29, 0.717) is 16.5 Å². The molecule has 3 aromatic rings. The highest BCUT2D eigenvalue weighted by Crippen LogP contribution is 2.21. The number of esters is 1. The fourth-order valence-corrected chi connectivity index (χ4v) is 2.74. The second-order valence-corrected chi connectivity index (χ2v) is 5.62. The maximum absolute atomic E-state index is 12.9. The van der Waals surface area contributed by atoms with E-state index in [-0.39, 0.29) is 18.2 Å². The Kier molecular flexibility index (Phi) is 4.16. The van der Waals surface area contributed by atoms with Crippen LogP contribution in [-0.4, -0.2) is 28.3 Å². The molecular weight excluding hydrogens is 304 g/mol. The highest BCUT2D eigenvalue weighted by atomic mass is 16.5. The number of aryl methyl sites for hydroxylation is 2. The van der Waals surface area contributed by atoms with Crippen molar-refractivity contribution in [2.24, 2.45) is 0 Å². The lowest BCUT2D eigenvalue weighted by molar-refractivity contribution is 0.0521. The molecule has 0 unspecified atom stereocenters. The molecule has 0 spiro atoms. The molecule has 1 aromatic heterocycles. The predicted octanol–water partition coefficient (Wildman–Crippen LogP) is 3.52. The van der Waals surface area contributed by atoms with Crippen molar-refractivity contribution in [3.63, 3.8) is 0 Å². The van der Waals surface area contributed by atoms with Crippen LogP contribution in [-0.2, 0) is 4.74 Å². The Hall–Kier alpha value is -2.95. The summed E-state index contributed by atoms with van der Waals surface area (Å²) in [5.74, 6) is -0.792. The summed E-state index contributed by atoms with van der Waals surface area (Å²) in [5.41, 5.74) is 3.26. The molecule has 0 N–H and O–H groups in total. The second kappa shape index (κ2) is 6.28. The Balaban J connectivity index is 2.16. The predicted molar refractivity (Wildman–Crippen MR) is 91.3 cm³/mol. The standard InChI is InChI=1S/C19H18N2O3/c1-4-24-19(23)17-15-7-5-6-8-16(15)21(20-17)18(22)14-10-9-12(2)11-13(14)3/h5-11H,4H2,1-3H3. The summed E-state index contributed by atoms with van der Waals surface area (Å²) in [6.45, 7) is 5.85. The van der Waals surface area contributed by atoms with Crippen LogP contribution in [0.4, 0.5) is 0 Å². The number of hydrogen-bond donors (Lipinski definition) is 0. The lowest BCUT2D eigenvalue weighted by Crippen LogP contribution is -2.16. The van der Waals surface area contributed by atoms with Crippen molar-refractivity contribution in [2.45, 2.75) is 20.8 Å². The third kappa shape index (κ3) is 2.69. The van der Waals surface area contributed by atoms with Crippen LogP contribution in [0.3, 0.4) is 0 Å². The fraction of sp³-hybridized carbons (Fsp3) is 0.211. The molecule has 0 radical (unpaired) electrons. The Bertz CT molecular complexity index is 941. The first-order valence-corrected chi connectivity index (χ1v) is 7.79. The van der Waals surface area contributed by atoms with E-state index in [2.05, 4.69) is 5.10 Å². The van der Waals surface area contributed by atoms with Crippen LogP contribution in [0.25, 0.3) is 10.9 Å². The van der Waals surface area contributed by atoms with Crippen LogP contribution >= 0.6 is 0 Å². The third-order valence-corrected chi connectivity index (χ3v) is 3.86. The van der Waals surface area contributed by atoms with Gasteiger partial charge in [-0.2, -0.15) is 9.78 Å². The SMILES string of the molecule is CCOC(=O)c1nn(C(=O)c2ccc(C)cc2C)c2ccccc12. The molecule has 0 aliphatic heterocycles. The number of benzene rings is 2. The van der Waals surface area contributed by atoms with Gasteiger partial charge in [0.2, 0.25) is 0 Å². The summed E-state index contributed by atoms with van der Waals surface area (Å²) in [4.78, 5) is 25.1. The Morgan fingerprint density at radius 3 is 2.58 bits per heavy atom. The lowest BCUT2D eigenvalue weighted by Gasteiger charge is -2.06. The number of para-hydroxylation sites is 1. The van der Waals surface area contributed by atoms with Gasteiger partial charge in [0.15, 0.2) is 5.69 Å². The quantitative estimate of drug-likeness (QED) is 0.692. The average molecular weight is 322 g/mol. The lowest BCUT2D eigenvalue weighted by atomic mass is 10.1. The van der Waals surface area contributed by atoms with E-state index in [9.17, 15) is 9.59 Å². The van der Waals surface area contributed by atoms with E-state index in [1.807, 2.05) is 32.0 Å². The Morgan fingerprint density at radius 2 is 1.88 bits per heavy atom. The maximum Gasteiger partial charge on any atom is 0.359 e. The van der Waals surface area contributed by atoms with Crippen LogP contribution in [0.1, 0.15) is 38.9 Å². The van der Waals surface area contributed by atoms with Gasteiger partial charge in [-0.05, 0) is 38.5 Å². The molecular formula is C19H18N2O3. The van der Waals surface area contributed by atoms with Gasteiger partial charge in [0.1, 0.15) is 0 Å². The van der Waals surface area contributed by atoms with Crippen molar-refractivity contribution in [2.75, 3.05) is 6.61 Å². The summed E-state index contributed by atoms with van der Waals surface area (Å²) in [7, 11) is 0. The monoisotopic (exact) mass is 322 g/mol. The van der Waals surface area contributed by atoms with Gasteiger partial charge in [-0.25, -0.2) is 4.79 Å². The van der Waals surface area contributed by atoms with Crippen LogP contribution in [0, 0.1) is 13.8 Å². The van der Waals surface area contributed by atoms with Crippen molar-refractivity contribution >= 4 is 22.8 Å². The third-order valence-electron chi connectivity index (χ3n) is 3.86. The fourth-order valence-electron chi connectivity index (χ4n) is 2.74. The van der Waals surface area contributed by atoms with Gasteiger partial charge in [-0.1, -0.05) is 35.9 Å². The normalized spacial score (nSPS) is 10.8. The van der Waals surface area contributed by atoms with Crippen molar-refractivity contribution in [1.82, 2.24) is 9.78 Å². The molecule has 0 aliphatic rings. The summed E-state index contributed by atoms with van der Waals surface area (Å²) in [6.07, 6.45) is 0. The van der Waals surface area contributed by atoms with Crippen LogP contribution in [0.5, 0.6) is 0 Å². The minimum atomic E-state index is -0.527. The van der Waals surface area contributed by atoms with Gasteiger partial charge in [0.25, 0.3) is 5.91 Å². The first-order valence-electron chi connectivity index (χ1n) is 7.79. The van der Waals surface area contributed by atoms with E-state index in [1.54, 1.807) is 31.2 Å². The number of ether oxygens (including phenoxy) is 1. The molecule has 3 rings (SSSR count). The minimum Gasteiger partial charge on any atom is -0.461 e. The zero-order valence-corrected chi connectivity index (χ0v) is 13.9. The van der Waals surface area contributed by atoms with Crippen LogP contribution < -0.4 is 0 Å². The number of hydrogen-bond acceptors (Lipinski definition) is 4. The molecule has 24 heavy (non-hydrogen) atoms. The molecule has 0 atom stereocenters. The van der Waals surface area contributed by atoms with Gasteiger partial charge in [-0.3, -0.25) is 4.79 Å². The largest absolute Gasteiger partial charge is 0.461 e. The van der Waals surface area contributed by atoms with E-state index in [0.717, 1.165) is 11.1 Å². The molecule has 1 heterocycles. The number of nitrogens with zero attached hydrogens (tertiary/aromatic N) is 2.